The lowest BCUT2D eigenvalue weighted by Gasteiger charge is -2.32. The second kappa shape index (κ2) is 6.91. The first-order valence-electron chi connectivity index (χ1n) is 7.95. The van der Waals surface area contributed by atoms with E-state index in [4.69, 9.17) is 0 Å². The fraction of sp³-hybridized carbons (Fsp3) is 0.600. The lowest BCUT2D eigenvalue weighted by molar-refractivity contribution is 0.167. The number of aryl methyl sites for hydroxylation is 1. The highest BCUT2D eigenvalue weighted by molar-refractivity contribution is 7.88. The lowest BCUT2D eigenvalue weighted by atomic mass is 9.98. The second-order valence-corrected chi connectivity index (χ2v) is 9.11. The van der Waals surface area contributed by atoms with Crippen molar-refractivity contribution >= 4 is 26.3 Å². The van der Waals surface area contributed by atoms with Crippen LogP contribution < -0.4 is 10.3 Å². The van der Waals surface area contributed by atoms with E-state index in [-0.39, 0.29) is 5.56 Å². The van der Waals surface area contributed by atoms with Gasteiger partial charge in [-0.2, -0.15) is 0 Å². The Morgan fingerprint density at radius 3 is 3.00 bits per heavy atom. The quantitative estimate of drug-likeness (QED) is 0.843. The third-order valence-electron chi connectivity index (χ3n) is 4.25. The topological polar surface area (TPSA) is 83.8 Å². The van der Waals surface area contributed by atoms with Crippen LogP contribution in [0.5, 0.6) is 0 Å². The van der Waals surface area contributed by atoms with Gasteiger partial charge in [0.1, 0.15) is 0 Å². The predicted molar refractivity (Wildman–Crippen MR) is 94.9 cm³/mol. The highest BCUT2D eigenvalue weighted by atomic mass is 32.2. The molecule has 0 spiro atoms. The summed E-state index contributed by atoms with van der Waals surface area (Å²) in [6.45, 7) is 4.75. The standard InChI is InChI=1S/C15H22N4O3S2/c1-11-10-23-15-17-13(6-14(20)19(11)15)9-18-5-3-4-12(8-18)7-16-24(2,21)22/h6,10,12,16H,3-5,7-9H2,1-2H3/t12-/m1/s1. The van der Waals surface area contributed by atoms with Crippen molar-refractivity contribution in [2.24, 2.45) is 5.92 Å². The molecule has 0 amide bonds. The molecule has 0 unspecified atom stereocenters. The van der Waals surface area contributed by atoms with Crippen molar-refractivity contribution in [1.82, 2.24) is 19.0 Å². The van der Waals surface area contributed by atoms with Gasteiger partial charge in [0.05, 0.1) is 11.9 Å². The number of hydrogen-bond donors (Lipinski definition) is 1. The van der Waals surface area contributed by atoms with E-state index in [1.54, 1.807) is 10.5 Å². The number of fused-ring (bicyclic) bond motifs is 1. The molecule has 0 aromatic carbocycles. The number of hydrogen-bond acceptors (Lipinski definition) is 6. The molecule has 0 saturated carbocycles. The Labute approximate surface area is 145 Å². The minimum Gasteiger partial charge on any atom is -0.297 e. The van der Waals surface area contributed by atoms with E-state index in [9.17, 15) is 13.2 Å². The fourth-order valence-electron chi connectivity index (χ4n) is 3.14. The third-order valence-corrected chi connectivity index (χ3v) is 5.89. The Bertz CT molecular complexity index is 888. The fourth-order valence-corrected chi connectivity index (χ4v) is 4.57. The number of likely N-dealkylation sites (tertiary alicyclic amines) is 1. The normalized spacial score (nSPS) is 19.8. The van der Waals surface area contributed by atoms with Crippen molar-refractivity contribution in [3.63, 3.8) is 0 Å². The van der Waals surface area contributed by atoms with Crippen molar-refractivity contribution in [1.29, 1.82) is 0 Å². The van der Waals surface area contributed by atoms with E-state index in [2.05, 4.69) is 14.6 Å². The van der Waals surface area contributed by atoms with Crippen LogP contribution in [0.25, 0.3) is 4.96 Å². The zero-order chi connectivity index (χ0) is 17.3. The zero-order valence-electron chi connectivity index (χ0n) is 13.9. The summed E-state index contributed by atoms with van der Waals surface area (Å²) in [6.07, 6.45) is 3.22. The first kappa shape index (κ1) is 17.5. The summed E-state index contributed by atoms with van der Waals surface area (Å²) in [5.41, 5.74) is 1.64. The van der Waals surface area contributed by atoms with Gasteiger partial charge in [0.15, 0.2) is 4.96 Å². The summed E-state index contributed by atoms with van der Waals surface area (Å²) in [6, 6.07) is 1.60. The first-order valence-corrected chi connectivity index (χ1v) is 10.7. The molecule has 2 aromatic heterocycles. The van der Waals surface area contributed by atoms with Gasteiger partial charge < -0.3 is 0 Å². The molecule has 24 heavy (non-hydrogen) atoms. The van der Waals surface area contributed by atoms with Gasteiger partial charge in [-0.1, -0.05) is 0 Å². The first-order chi connectivity index (χ1) is 11.3. The van der Waals surface area contributed by atoms with Gasteiger partial charge >= 0.3 is 0 Å². The molecule has 1 fully saturated rings. The van der Waals surface area contributed by atoms with Crippen LogP contribution in [-0.2, 0) is 16.6 Å². The Hall–Kier alpha value is -1.29. The van der Waals surface area contributed by atoms with Gasteiger partial charge in [0.25, 0.3) is 5.56 Å². The number of thiazole rings is 1. The maximum atomic E-state index is 12.2. The molecule has 1 atom stereocenters. The molecule has 132 valence electrons. The molecule has 1 aliphatic heterocycles. The number of rotatable bonds is 5. The molecule has 3 rings (SSSR count). The van der Waals surface area contributed by atoms with Crippen molar-refractivity contribution in [3.8, 4) is 0 Å². The highest BCUT2D eigenvalue weighted by Gasteiger charge is 2.21. The molecule has 0 radical (unpaired) electrons. The third kappa shape index (κ3) is 4.21. The Morgan fingerprint density at radius 2 is 2.25 bits per heavy atom. The van der Waals surface area contributed by atoms with Crippen LogP contribution in [0.15, 0.2) is 16.2 Å². The number of sulfonamides is 1. The average molecular weight is 371 g/mol. The van der Waals surface area contributed by atoms with Crippen LogP contribution in [0.4, 0.5) is 0 Å². The molecule has 1 aliphatic rings. The van der Waals surface area contributed by atoms with Gasteiger partial charge in [0.2, 0.25) is 10.0 Å². The molecule has 0 aliphatic carbocycles. The van der Waals surface area contributed by atoms with E-state index in [0.29, 0.717) is 19.0 Å². The Balaban J connectivity index is 1.68. The molecular formula is C15H22N4O3S2. The molecular weight excluding hydrogens is 348 g/mol. The Kier molecular flexibility index (Phi) is 5.05. The summed E-state index contributed by atoms with van der Waals surface area (Å²) in [5, 5.41) is 1.93. The molecule has 3 heterocycles. The maximum Gasteiger partial charge on any atom is 0.259 e. The molecule has 1 N–H and O–H groups in total. The summed E-state index contributed by atoms with van der Waals surface area (Å²) >= 11 is 1.47. The van der Waals surface area contributed by atoms with Crippen LogP contribution in [0.3, 0.4) is 0 Å². The van der Waals surface area contributed by atoms with E-state index < -0.39 is 10.0 Å². The lowest BCUT2D eigenvalue weighted by Crippen LogP contribution is -2.40. The van der Waals surface area contributed by atoms with Crippen molar-refractivity contribution in [3.05, 3.63) is 33.2 Å². The van der Waals surface area contributed by atoms with Crippen molar-refractivity contribution in [2.45, 2.75) is 26.3 Å². The van der Waals surface area contributed by atoms with Crippen LogP contribution in [0, 0.1) is 12.8 Å². The van der Waals surface area contributed by atoms with Gasteiger partial charge in [-0.3, -0.25) is 14.1 Å². The maximum absolute atomic E-state index is 12.2. The monoisotopic (exact) mass is 370 g/mol. The summed E-state index contributed by atoms with van der Waals surface area (Å²) in [7, 11) is -3.15. The van der Waals surface area contributed by atoms with Gasteiger partial charge in [-0.05, 0) is 32.2 Å². The smallest absolute Gasteiger partial charge is 0.259 e. The molecule has 1 saturated heterocycles. The van der Waals surface area contributed by atoms with E-state index in [1.807, 2.05) is 12.3 Å². The summed E-state index contributed by atoms with van der Waals surface area (Å²) < 4.78 is 26.7. The molecule has 9 heteroatoms. The number of piperidine rings is 1. The second-order valence-electron chi connectivity index (χ2n) is 6.44. The molecule has 7 nitrogen and oxygen atoms in total. The van der Waals surface area contributed by atoms with Crippen molar-refractivity contribution in [2.75, 3.05) is 25.9 Å². The SMILES string of the molecule is Cc1csc2nc(CN3CCC[C@H](CNS(C)(=O)=O)C3)cc(=O)n12. The average Bonchev–Trinajstić information content (AvgIpc) is 2.87. The zero-order valence-corrected chi connectivity index (χ0v) is 15.5. The number of nitrogens with zero attached hydrogens (tertiary/aromatic N) is 3. The minimum absolute atomic E-state index is 0.0407. The molecule has 2 aromatic rings. The number of aromatic nitrogens is 2. The summed E-state index contributed by atoms with van der Waals surface area (Å²) in [5.74, 6) is 0.294. The van der Waals surface area contributed by atoms with Crippen LogP contribution in [0.2, 0.25) is 0 Å². The Morgan fingerprint density at radius 1 is 1.46 bits per heavy atom. The van der Waals surface area contributed by atoms with Gasteiger partial charge in [-0.25, -0.2) is 18.1 Å². The minimum atomic E-state index is -3.15. The number of nitrogens with one attached hydrogen (secondary N) is 1. The predicted octanol–water partition coefficient (Wildman–Crippen LogP) is 0.826. The van der Waals surface area contributed by atoms with Gasteiger partial charge in [0, 0.05) is 36.8 Å². The van der Waals surface area contributed by atoms with E-state index in [0.717, 1.165) is 42.3 Å². The van der Waals surface area contributed by atoms with Crippen LogP contribution in [0.1, 0.15) is 24.2 Å². The van der Waals surface area contributed by atoms with Crippen molar-refractivity contribution < 1.29 is 8.42 Å². The summed E-state index contributed by atoms with van der Waals surface area (Å²) in [4.78, 5) is 19.8. The van der Waals surface area contributed by atoms with Crippen LogP contribution in [-0.4, -0.2) is 48.6 Å². The largest absolute Gasteiger partial charge is 0.297 e. The van der Waals surface area contributed by atoms with E-state index >= 15 is 0 Å². The van der Waals surface area contributed by atoms with Crippen LogP contribution >= 0.6 is 11.3 Å². The van der Waals surface area contributed by atoms with E-state index in [1.165, 1.54) is 17.6 Å². The highest BCUT2D eigenvalue weighted by Crippen LogP contribution is 2.18. The molecule has 0 bridgehead atoms. The van der Waals surface area contributed by atoms with Gasteiger partial charge in [-0.15, -0.1) is 11.3 Å².